The predicted molar refractivity (Wildman–Crippen MR) is 104 cm³/mol. The lowest BCUT2D eigenvalue weighted by Crippen LogP contribution is -2.36. The number of aliphatic imine (C=N–C) groups is 1. The molecule has 26 heavy (non-hydrogen) atoms. The highest BCUT2D eigenvalue weighted by atomic mass is 16.5. The topological polar surface area (TPSA) is 92.5 Å². The van der Waals surface area contributed by atoms with E-state index in [1.807, 2.05) is 36.4 Å². The van der Waals surface area contributed by atoms with E-state index in [9.17, 15) is 4.79 Å². The van der Waals surface area contributed by atoms with E-state index < -0.39 is 0 Å². The Bertz CT molecular complexity index is 916. The molecule has 6 nitrogen and oxygen atoms in total. The number of aromatic amines is 1. The minimum atomic E-state index is -0.324. The molecule has 0 fully saturated rings. The Labute approximate surface area is 152 Å². The summed E-state index contributed by atoms with van der Waals surface area (Å²) < 4.78 is 5.83. The molecule has 3 aromatic rings. The fraction of sp³-hybridized carbons (Fsp3) is 0.200. The number of benzene rings is 2. The first kappa shape index (κ1) is 17.5. The molecule has 4 N–H and O–H groups in total. The molecule has 2 aromatic carbocycles. The van der Waals surface area contributed by atoms with E-state index >= 15 is 0 Å². The number of nitrogens with one attached hydrogen (secondary N) is 2. The van der Waals surface area contributed by atoms with Crippen LogP contribution in [0.5, 0.6) is 5.75 Å². The molecule has 3 rings (SSSR count). The lowest BCUT2D eigenvalue weighted by Gasteiger charge is -2.06. The number of hydrogen-bond donors (Lipinski definition) is 3. The van der Waals surface area contributed by atoms with Gasteiger partial charge >= 0.3 is 0 Å². The zero-order valence-corrected chi connectivity index (χ0v) is 14.7. The summed E-state index contributed by atoms with van der Waals surface area (Å²) in [4.78, 5) is 18.9. The quantitative estimate of drug-likeness (QED) is 0.362. The molecule has 1 amide bonds. The lowest BCUT2D eigenvalue weighted by atomic mass is 10.1. The molecule has 0 bridgehead atoms. The van der Waals surface area contributed by atoms with Crippen molar-refractivity contribution in [2.45, 2.75) is 12.8 Å². The highest BCUT2D eigenvalue weighted by molar-refractivity contribution is 6.06. The van der Waals surface area contributed by atoms with Gasteiger partial charge < -0.3 is 15.5 Å². The van der Waals surface area contributed by atoms with Gasteiger partial charge in [0.05, 0.1) is 6.61 Å². The average molecular weight is 350 g/mol. The number of nitrogens with two attached hydrogens (primary N) is 1. The van der Waals surface area contributed by atoms with Crippen LogP contribution in [0.2, 0.25) is 0 Å². The van der Waals surface area contributed by atoms with Gasteiger partial charge in [0.1, 0.15) is 11.4 Å². The minimum Gasteiger partial charge on any atom is -0.494 e. The van der Waals surface area contributed by atoms with Crippen LogP contribution in [0.3, 0.4) is 0 Å². The third kappa shape index (κ3) is 4.42. The van der Waals surface area contributed by atoms with Crippen molar-refractivity contribution in [3.63, 3.8) is 0 Å². The van der Waals surface area contributed by atoms with E-state index in [4.69, 9.17) is 10.5 Å². The maximum atomic E-state index is 12.1. The summed E-state index contributed by atoms with van der Waals surface area (Å²) in [7, 11) is 1.52. The SMILES string of the molecule is CN=C(N)NC(=O)c1cc2ccc(OCCCc3ccccc3)cc2[nH]1. The Hall–Kier alpha value is -3.28. The summed E-state index contributed by atoms with van der Waals surface area (Å²) in [5.41, 5.74) is 8.09. The second-order valence-corrected chi connectivity index (χ2v) is 5.93. The van der Waals surface area contributed by atoms with Crippen LogP contribution in [-0.2, 0) is 6.42 Å². The van der Waals surface area contributed by atoms with E-state index in [1.165, 1.54) is 12.6 Å². The van der Waals surface area contributed by atoms with Crippen molar-refractivity contribution < 1.29 is 9.53 Å². The van der Waals surface area contributed by atoms with Gasteiger partial charge in [0, 0.05) is 24.0 Å². The summed E-state index contributed by atoms with van der Waals surface area (Å²) in [6, 6.07) is 17.8. The molecule has 0 aliphatic heterocycles. The Kier molecular flexibility index (Phi) is 5.53. The number of ether oxygens (including phenoxy) is 1. The summed E-state index contributed by atoms with van der Waals surface area (Å²) in [6.45, 7) is 0.637. The largest absolute Gasteiger partial charge is 0.494 e. The van der Waals surface area contributed by atoms with Crippen molar-refractivity contribution >= 4 is 22.8 Å². The molecule has 0 unspecified atom stereocenters. The maximum Gasteiger partial charge on any atom is 0.274 e. The first-order chi connectivity index (χ1) is 12.7. The highest BCUT2D eigenvalue weighted by Crippen LogP contribution is 2.22. The molecule has 1 aromatic heterocycles. The molecule has 0 atom stereocenters. The normalized spacial score (nSPS) is 11.5. The second kappa shape index (κ2) is 8.20. The summed E-state index contributed by atoms with van der Waals surface area (Å²) in [6.07, 6.45) is 1.92. The molecule has 0 saturated heterocycles. The van der Waals surface area contributed by atoms with Crippen LogP contribution in [0, 0.1) is 0 Å². The van der Waals surface area contributed by atoms with Gasteiger partial charge in [-0.15, -0.1) is 0 Å². The van der Waals surface area contributed by atoms with E-state index in [1.54, 1.807) is 6.07 Å². The van der Waals surface area contributed by atoms with Crippen molar-refractivity contribution in [1.82, 2.24) is 10.3 Å². The Morgan fingerprint density at radius 2 is 2.00 bits per heavy atom. The van der Waals surface area contributed by atoms with Crippen LogP contribution in [0.15, 0.2) is 59.6 Å². The number of amides is 1. The Morgan fingerprint density at radius 3 is 2.77 bits per heavy atom. The first-order valence-electron chi connectivity index (χ1n) is 8.49. The number of carbonyl (C=O) groups excluding carboxylic acids is 1. The summed E-state index contributed by atoms with van der Waals surface area (Å²) in [5, 5.41) is 3.43. The van der Waals surface area contributed by atoms with Crippen molar-refractivity contribution in [3.8, 4) is 5.75 Å². The van der Waals surface area contributed by atoms with Gasteiger partial charge in [-0.2, -0.15) is 0 Å². The molecule has 0 aliphatic rings. The van der Waals surface area contributed by atoms with Crippen LogP contribution >= 0.6 is 0 Å². The second-order valence-electron chi connectivity index (χ2n) is 5.93. The van der Waals surface area contributed by atoms with Crippen molar-refractivity contribution in [1.29, 1.82) is 0 Å². The average Bonchev–Trinajstić information content (AvgIpc) is 3.09. The molecule has 1 heterocycles. The van der Waals surface area contributed by atoms with Crippen LogP contribution in [0.25, 0.3) is 10.9 Å². The van der Waals surface area contributed by atoms with Crippen molar-refractivity contribution in [3.05, 3.63) is 65.9 Å². The highest BCUT2D eigenvalue weighted by Gasteiger charge is 2.10. The molecular weight excluding hydrogens is 328 g/mol. The molecule has 134 valence electrons. The molecule has 0 aliphatic carbocycles. The standard InChI is InChI=1S/C20H22N4O2/c1-22-20(21)24-19(25)18-12-15-9-10-16(13-17(15)23-18)26-11-5-8-14-6-3-2-4-7-14/h2-4,6-7,9-10,12-13,23H,5,8,11H2,1H3,(H3,21,22,24,25). The molecule has 0 spiro atoms. The predicted octanol–water partition coefficient (Wildman–Crippen LogP) is 2.85. The fourth-order valence-corrected chi connectivity index (χ4v) is 2.67. The number of nitrogens with zero attached hydrogens (tertiary/aromatic N) is 1. The van der Waals surface area contributed by atoms with Crippen LogP contribution in [-0.4, -0.2) is 30.5 Å². The van der Waals surface area contributed by atoms with E-state index in [0.717, 1.165) is 29.5 Å². The first-order valence-corrected chi connectivity index (χ1v) is 8.49. The zero-order chi connectivity index (χ0) is 18.4. The third-order valence-corrected chi connectivity index (χ3v) is 4.04. The number of H-pyrrole nitrogens is 1. The third-order valence-electron chi connectivity index (χ3n) is 4.04. The lowest BCUT2D eigenvalue weighted by molar-refractivity contribution is 0.0972. The van der Waals surface area contributed by atoms with E-state index in [2.05, 4.69) is 27.4 Å². The van der Waals surface area contributed by atoms with Gasteiger partial charge in [-0.1, -0.05) is 30.3 Å². The van der Waals surface area contributed by atoms with Crippen molar-refractivity contribution in [2.75, 3.05) is 13.7 Å². The number of fused-ring (bicyclic) bond motifs is 1. The van der Waals surface area contributed by atoms with Gasteiger partial charge in [0.2, 0.25) is 0 Å². The van der Waals surface area contributed by atoms with Crippen LogP contribution in [0.1, 0.15) is 22.5 Å². The number of guanidine groups is 1. The van der Waals surface area contributed by atoms with E-state index in [0.29, 0.717) is 12.3 Å². The zero-order valence-electron chi connectivity index (χ0n) is 14.7. The number of hydrogen-bond acceptors (Lipinski definition) is 3. The van der Waals surface area contributed by atoms with E-state index in [-0.39, 0.29) is 11.9 Å². The number of aromatic nitrogens is 1. The van der Waals surface area contributed by atoms with Gasteiger partial charge in [0.15, 0.2) is 5.96 Å². The number of aryl methyl sites for hydroxylation is 1. The van der Waals surface area contributed by atoms with Gasteiger partial charge in [-0.3, -0.25) is 15.1 Å². The number of carbonyl (C=O) groups is 1. The molecule has 0 radical (unpaired) electrons. The Morgan fingerprint density at radius 1 is 1.19 bits per heavy atom. The molecule has 0 saturated carbocycles. The molecular formula is C20H22N4O2. The molecule has 6 heteroatoms. The van der Waals surface area contributed by atoms with Crippen LogP contribution in [0.4, 0.5) is 0 Å². The number of rotatable bonds is 6. The monoisotopic (exact) mass is 350 g/mol. The fourth-order valence-electron chi connectivity index (χ4n) is 2.67. The Balaban J connectivity index is 1.59. The van der Waals surface area contributed by atoms with Gasteiger partial charge in [0.25, 0.3) is 5.91 Å². The van der Waals surface area contributed by atoms with Crippen LogP contribution < -0.4 is 15.8 Å². The van der Waals surface area contributed by atoms with Crippen molar-refractivity contribution in [2.24, 2.45) is 10.7 Å². The van der Waals surface area contributed by atoms with Gasteiger partial charge in [-0.25, -0.2) is 0 Å². The summed E-state index contributed by atoms with van der Waals surface area (Å²) in [5.74, 6) is 0.528. The van der Waals surface area contributed by atoms with Gasteiger partial charge in [-0.05, 0) is 36.6 Å². The summed E-state index contributed by atoms with van der Waals surface area (Å²) >= 11 is 0. The minimum absolute atomic E-state index is 0.0797. The maximum absolute atomic E-state index is 12.1. The smallest absolute Gasteiger partial charge is 0.274 e.